The first-order chi connectivity index (χ1) is 1.91. The molecule has 0 aliphatic carbocycles. The van der Waals surface area contributed by atoms with Crippen LogP contribution in [0.3, 0.4) is 0 Å². The average Bonchev–Trinajstić information content (AvgIpc) is 1.37. The molecule has 0 atom stereocenters. The SMILES string of the molecule is NCCN.O.[Cd]. The maximum absolute atomic E-state index is 4.90. The predicted octanol–water partition coefficient (Wildman–Crippen LogP) is -1.92. The molecule has 0 saturated carbocycles. The van der Waals surface area contributed by atoms with Gasteiger partial charge in [-0.15, -0.1) is 0 Å². The summed E-state index contributed by atoms with van der Waals surface area (Å²) in [5.41, 5.74) is 9.81. The first-order valence-corrected chi connectivity index (χ1v) is 1.32. The van der Waals surface area contributed by atoms with Crippen molar-refractivity contribution in [2.45, 2.75) is 0 Å². The van der Waals surface area contributed by atoms with Crippen LogP contribution in [0.4, 0.5) is 0 Å². The molecule has 0 amide bonds. The fraction of sp³-hybridized carbons (Fsp3) is 1.00. The van der Waals surface area contributed by atoms with Gasteiger partial charge in [-0.05, 0) is 0 Å². The zero-order valence-corrected chi connectivity index (χ0v) is 7.81. The van der Waals surface area contributed by atoms with Gasteiger partial charge in [0.15, 0.2) is 0 Å². The minimum absolute atomic E-state index is 0. The number of nitrogens with two attached hydrogens (primary N) is 2. The van der Waals surface area contributed by atoms with Crippen LogP contribution in [0.2, 0.25) is 0 Å². The summed E-state index contributed by atoms with van der Waals surface area (Å²) in [4.78, 5) is 0. The molecule has 0 bridgehead atoms. The van der Waals surface area contributed by atoms with E-state index in [0.717, 1.165) is 0 Å². The third kappa shape index (κ3) is 21.4. The summed E-state index contributed by atoms with van der Waals surface area (Å²) < 4.78 is 0. The van der Waals surface area contributed by atoms with Crippen LogP contribution in [0.15, 0.2) is 0 Å². The van der Waals surface area contributed by atoms with Gasteiger partial charge < -0.3 is 16.9 Å². The van der Waals surface area contributed by atoms with Gasteiger partial charge in [0.25, 0.3) is 0 Å². The molecule has 0 spiro atoms. The minimum Gasteiger partial charge on any atom is -0.412 e. The Bertz CT molecular complexity index is 13.5. The van der Waals surface area contributed by atoms with Crippen LogP contribution in [0.25, 0.3) is 0 Å². The fourth-order valence-corrected chi connectivity index (χ4v) is 0. The third-order valence-corrected chi connectivity index (χ3v) is 0.167. The van der Waals surface area contributed by atoms with E-state index in [-0.39, 0.29) is 32.8 Å². The summed E-state index contributed by atoms with van der Waals surface area (Å²) in [5.74, 6) is 0. The molecule has 6 heavy (non-hydrogen) atoms. The van der Waals surface area contributed by atoms with Gasteiger partial charge in [-0.2, -0.15) is 0 Å². The van der Waals surface area contributed by atoms with Gasteiger partial charge >= 0.3 is 0 Å². The smallest absolute Gasteiger partial charge is 0.00461 e. The minimum atomic E-state index is 0. The van der Waals surface area contributed by atoms with Crippen molar-refractivity contribution in [1.29, 1.82) is 0 Å². The summed E-state index contributed by atoms with van der Waals surface area (Å²) in [7, 11) is 0. The topological polar surface area (TPSA) is 83.5 Å². The Hall–Kier alpha value is 0.802. The van der Waals surface area contributed by atoms with E-state index in [4.69, 9.17) is 11.5 Å². The molecule has 4 heteroatoms. The van der Waals surface area contributed by atoms with Crippen LogP contribution in [0, 0.1) is 0 Å². The van der Waals surface area contributed by atoms with Crippen molar-refractivity contribution in [3.8, 4) is 0 Å². The number of hydrogen-bond donors (Lipinski definition) is 2. The molecular formula is C2H10CdN2O. The van der Waals surface area contributed by atoms with Gasteiger partial charge in [0.2, 0.25) is 0 Å². The number of hydrogen-bond acceptors (Lipinski definition) is 2. The molecule has 0 aromatic carbocycles. The van der Waals surface area contributed by atoms with Crippen LogP contribution < -0.4 is 11.5 Å². The van der Waals surface area contributed by atoms with Gasteiger partial charge in [0.1, 0.15) is 0 Å². The second-order valence-corrected chi connectivity index (χ2v) is 0.577. The zero-order chi connectivity index (χ0) is 3.41. The van der Waals surface area contributed by atoms with E-state index < -0.39 is 0 Å². The summed E-state index contributed by atoms with van der Waals surface area (Å²) in [5, 5.41) is 0. The van der Waals surface area contributed by atoms with Gasteiger partial charge in [-0.1, -0.05) is 0 Å². The van der Waals surface area contributed by atoms with Gasteiger partial charge in [-0.25, -0.2) is 0 Å². The van der Waals surface area contributed by atoms with Crippen LogP contribution in [-0.4, -0.2) is 18.6 Å². The summed E-state index contributed by atoms with van der Waals surface area (Å²) in [6, 6.07) is 0. The van der Waals surface area contributed by atoms with Crippen molar-refractivity contribution in [2.24, 2.45) is 11.5 Å². The van der Waals surface area contributed by atoms with E-state index in [0.29, 0.717) is 13.1 Å². The molecule has 36 valence electrons. The Morgan fingerprint density at radius 2 is 1.17 bits per heavy atom. The first kappa shape index (κ1) is 15.8. The van der Waals surface area contributed by atoms with E-state index in [1.165, 1.54) is 0 Å². The molecule has 0 aromatic rings. The van der Waals surface area contributed by atoms with E-state index in [9.17, 15) is 0 Å². The van der Waals surface area contributed by atoms with Crippen LogP contribution in [0.5, 0.6) is 0 Å². The molecule has 0 rings (SSSR count). The second-order valence-electron chi connectivity index (χ2n) is 0.577. The normalized spacial score (nSPS) is 5.00. The van der Waals surface area contributed by atoms with Crippen LogP contribution >= 0.6 is 0 Å². The van der Waals surface area contributed by atoms with E-state index in [2.05, 4.69) is 0 Å². The van der Waals surface area contributed by atoms with E-state index >= 15 is 0 Å². The molecule has 0 saturated heterocycles. The summed E-state index contributed by atoms with van der Waals surface area (Å²) in [6.07, 6.45) is 0. The predicted molar refractivity (Wildman–Crippen MR) is 21.7 cm³/mol. The third-order valence-electron chi connectivity index (χ3n) is 0.167. The average molecular weight is 191 g/mol. The molecule has 0 unspecified atom stereocenters. The first-order valence-electron chi connectivity index (χ1n) is 1.32. The van der Waals surface area contributed by atoms with Crippen LogP contribution in [-0.2, 0) is 27.3 Å². The van der Waals surface area contributed by atoms with E-state index in [1.54, 1.807) is 0 Å². The largest absolute Gasteiger partial charge is 0.412 e. The van der Waals surface area contributed by atoms with Gasteiger partial charge in [-0.3, -0.25) is 0 Å². The van der Waals surface area contributed by atoms with Gasteiger partial charge in [0, 0.05) is 40.4 Å². The molecule has 6 N–H and O–H groups in total. The molecule has 3 nitrogen and oxygen atoms in total. The summed E-state index contributed by atoms with van der Waals surface area (Å²) in [6.45, 7) is 1.19. The molecule has 0 radical (unpaired) electrons. The monoisotopic (exact) mass is 192 g/mol. The van der Waals surface area contributed by atoms with Crippen molar-refractivity contribution in [3.63, 3.8) is 0 Å². The molecular weight excluding hydrogens is 180 g/mol. The standard InChI is InChI=1S/C2H8N2.Cd.H2O/c3-1-2-4;;/h1-4H2;;1H2. The fourth-order valence-electron chi connectivity index (χ4n) is 0. The molecule has 0 aliphatic rings. The quantitative estimate of drug-likeness (QED) is 0.473. The number of rotatable bonds is 1. The molecule has 0 aliphatic heterocycles. The van der Waals surface area contributed by atoms with E-state index in [1.807, 2.05) is 0 Å². The maximum Gasteiger partial charge on any atom is 0.00461 e. The van der Waals surface area contributed by atoms with Crippen LogP contribution in [0.1, 0.15) is 0 Å². The summed E-state index contributed by atoms with van der Waals surface area (Å²) >= 11 is 0. The second kappa shape index (κ2) is 17.0. The van der Waals surface area contributed by atoms with Crippen molar-refractivity contribution < 1.29 is 32.8 Å². The van der Waals surface area contributed by atoms with Crippen molar-refractivity contribution >= 4 is 0 Å². The maximum atomic E-state index is 4.90. The Balaban J connectivity index is -0.0000000450. The zero-order valence-electron chi connectivity index (χ0n) is 3.78. The molecule has 0 aromatic heterocycles. The van der Waals surface area contributed by atoms with Gasteiger partial charge in [0.05, 0.1) is 0 Å². The Labute approximate surface area is 57.5 Å². The Kier molecular flexibility index (Phi) is 45.0. The Morgan fingerprint density at radius 1 is 1.00 bits per heavy atom. The van der Waals surface area contributed by atoms with Crippen molar-refractivity contribution in [1.82, 2.24) is 0 Å². The molecule has 0 fully saturated rings. The van der Waals surface area contributed by atoms with Crippen molar-refractivity contribution in [2.75, 3.05) is 13.1 Å². The Morgan fingerprint density at radius 3 is 1.17 bits per heavy atom. The molecule has 0 heterocycles. The van der Waals surface area contributed by atoms with Crippen molar-refractivity contribution in [3.05, 3.63) is 0 Å².